The summed E-state index contributed by atoms with van der Waals surface area (Å²) in [4.78, 5) is 61.8. The molecule has 56 heavy (non-hydrogen) atoms. The quantitative estimate of drug-likeness (QED) is 0.0775. The lowest BCUT2D eigenvalue weighted by molar-refractivity contribution is -0.147. The normalized spacial score (nSPS) is 19.1. The Morgan fingerprint density at radius 3 is 2.30 bits per heavy atom. The van der Waals surface area contributed by atoms with E-state index in [0.29, 0.717) is 31.6 Å². The van der Waals surface area contributed by atoms with Crippen molar-refractivity contribution in [3.05, 3.63) is 52.2 Å². The molecule has 0 aliphatic carbocycles. The molecule has 10 atom stereocenters. The summed E-state index contributed by atoms with van der Waals surface area (Å²) < 4.78 is 12.0. The average Bonchev–Trinajstić information content (AvgIpc) is 3.90. The molecule has 0 saturated carbocycles. The molecule has 2 heterocycles. The number of likely N-dealkylation sites (N-methyl/N-ethyl adjacent to an activating group) is 2. The molecule has 1 aliphatic heterocycles. The maximum atomic E-state index is 14.3. The van der Waals surface area contributed by atoms with Gasteiger partial charge in [0.2, 0.25) is 23.6 Å². The van der Waals surface area contributed by atoms with Crippen LogP contribution in [0.4, 0.5) is 0 Å². The van der Waals surface area contributed by atoms with Gasteiger partial charge in [-0.1, -0.05) is 88.6 Å². The van der Waals surface area contributed by atoms with Crippen molar-refractivity contribution in [3.63, 3.8) is 0 Å². The lowest BCUT2D eigenvalue weighted by atomic mass is 9.89. The Morgan fingerprint density at radius 1 is 1.05 bits per heavy atom. The molecule has 0 radical (unpaired) electrons. The zero-order valence-electron chi connectivity index (χ0n) is 34.5. The van der Waals surface area contributed by atoms with E-state index in [0.717, 1.165) is 12.0 Å². The molecule has 18 nitrogen and oxygen atoms in total. The highest BCUT2D eigenvalue weighted by Gasteiger charge is 2.43. The number of azide groups is 1. The van der Waals surface area contributed by atoms with E-state index in [9.17, 15) is 24.7 Å². The summed E-state index contributed by atoms with van der Waals surface area (Å²) in [6.45, 7) is 11.6. The van der Waals surface area contributed by atoms with E-state index in [2.05, 4.69) is 46.6 Å². The fourth-order valence-corrected chi connectivity index (χ4v) is 7.75. The van der Waals surface area contributed by atoms with Crippen LogP contribution in [0.15, 0.2) is 35.4 Å². The molecule has 1 aromatic carbocycles. The van der Waals surface area contributed by atoms with Crippen LogP contribution in [0.2, 0.25) is 0 Å². The van der Waals surface area contributed by atoms with Gasteiger partial charge in [0, 0.05) is 39.1 Å². The Kier molecular flexibility index (Phi) is 18.1. The summed E-state index contributed by atoms with van der Waals surface area (Å²) in [6.07, 6.45) is 1.06. The minimum absolute atomic E-state index is 0.0499. The van der Waals surface area contributed by atoms with E-state index < -0.39 is 66.2 Å². The second-order valence-corrected chi connectivity index (χ2v) is 15.1. The van der Waals surface area contributed by atoms with Gasteiger partial charge in [-0.25, -0.2) is 0 Å². The summed E-state index contributed by atoms with van der Waals surface area (Å²) in [5, 5.41) is 27.0. The molecule has 1 saturated heterocycles. The molecule has 3 rings (SSSR count). The number of nitrogens with one attached hydrogen (secondary N) is 4. The number of aromatic amines is 1. The van der Waals surface area contributed by atoms with Crippen molar-refractivity contribution in [2.75, 3.05) is 34.9 Å². The first-order valence-electron chi connectivity index (χ1n) is 19.4. The van der Waals surface area contributed by atoms with Gasteiger partial charge in [-0.15, -0.1) is 10.2 Å². The van der Waals surface area contributed by atoms with Crippen molar-refractivity contribution in [1.82, 2.24) is 46.4 Å². The van der Waals surface area contributed by atoms with Crippen LogP contribution in [0.3, 0.4) is 0 Å². The Bertz CT molecular complexity index is 1590. The molecule has 310 valence electrons. The summed E-state index contributed by atoms with van der Waals surface area (Å²) in [7, 11) is 6.34. The van der Waals surface area contributed by atoms with Crippen molar-refractivity contribution < 1.29 is 28.7 Å². The number of aromatic nitrogens is 4. The zero-order valence-corrected chi connectivity index (χ0v) is 34.5. The predicted molar refractivity (Wildman–Crippen MR) is 210 cm³/mol. The van der Waals surface area contributed by atoms with Gasteiger partial charge in [0.25, 0.3) is 0 Å². The van der Waals surface area contributed by atoms with E-state index in [1.54, 1.807) is 40.0 Å². The predicted octanol–water partition coefficient (Wildman–Crippen LogP) is 2.95. The fraction of sp³-hybridized carbons (Fsp3) is 0.711. The second kappa shape index (κ2) is 22.2. The number of methoxy groups -OCH3 is 2. The number of carbonyl (C=O) groups excluding carboxylic acids is 4. The molecule has 1 aromatic heterocycles. The lowest BCUT2D eigenvalue weighted by Crippen LogP contribution is -2.60. The van der Waals surface area contributed by atoms with Crippen LogP contribution in [0, 0.1) is 17.8 Å². The average molecular weight is 783 g/mol. The standard InChI is InChI=1S/C38H62N12O6/c1-11-23(4)33(49(8)38(54)32(25(6)43-46-39)42-37(53)31(40-7)22(2)3)29(55-9)21-30(51)50-19-15-18-28(50)34(56-10)24(5)36(52)41-27(35-44-47-48-45-35)20-26-16-13-12-14-17-26/h12-14,16-17,22-25,27-29,31-34,40H,11,15,18-21H2,1-10H3,(H,41,52)(H,42,53)(H,44,45,47,48)/t23-,24+,25-,27-,28-,29+,31-,32-,33-,34+/m0/s1. The van der Waals surface area contributed by atoms with Crippen LogP contribution in [-0.4, -0.2) is 131 Å². The van der Waals surface area contributed by atoms with Gasteiger partial charge in [-0.3, -0.25) is 19.2 Å². The third-order valence-electron chi connectivity index (χ3n) is 11.1. The number of likely N-dealkylation sites (tertiary alicyclic amines) is 1. The Balaban J connectivity index is 1.82. The van der Waals surface area contributed by atoms with Crippen molar-refractivity contribution >= 4 is 23.6 Å². The summed E-state index contributed by atoms with van der Waals surface area (Å²) in [5.41, 5.74) is 10.2. The number of benzene rings is 1. The first-order chi connectivity index (χ1) is 26.7. The summed E-state index contributed by atoms with van der Waals surface area (Å²) in [5.74, 6) is -1.84. The third-order valence-corrected chi connectivity index (χ3v) is 11.1. The molecule has 0 spiro atoms. The Hall–Kier alpha value is -4.64. The first kappa shape index (κ1) is 45.7. The molecule has 4 N–H and O–H groups in total. The molecule has 0 unspecified atom stereocenters. The zero-order chi connectivity index (χ0) is 41.5. The Morgan fingerprint density at radius 2 is 1.75 bits per heavy atom. The van der Waals surface area contributed by atoms with Crippen LogP contribution in [0.1, 0.15) is 84.7 Å². The summed E-state index contributed by atoms with van der Waals surface area (Å²) >= 11 is 0. The molecule has 1 fully saturated rings. The minimum Gasteiger partial charge on any atom is -0.379 e. The van der Waals surface area contributed by atoms with Gasteiger partial charge in [0.05, 0.1) is 54.8 Å². The number of nitrogens with zero attached hydrogens (tertiary/aromatic N) is 8. The maximum absolute atomic E-state index is 14.3. The van der Waals surface area contributed by atoms with Gasteiger partial charge in [0.1, 0.15) is 6.04 Å². The van der Waals surface area contributed by atoms with E-state index in [1.165, 1.54) is 12.0 Å². The van der Waals surface area contributed by atoms with Gasteiger partial charge >= 0.3 is 0 Å². The summed E-state index contributed by atoms with van der Waals surface area (Å²) in [6, 6.07) is 5.51. The number of ether oxygens (including phenoxy) is 2. The van der Waals surface area contributed by atoms with Crippen molar-refractivity contribution in [1.29, 1.82) is 0 Å². The SMILES string of the molecule is CC[C@H](C)[C@@H]([C@@H](CC(=O)N1CCC[C@H]1[C@H](OC)[C@@H](C)C(=O)N[C@@H](Cc1ccccc1)c1nn[nH]n1)OC)N(C)C(=O)[C@@H](NC(=O)[C@@H](NC)C(C)C)[C@H](C)N=[N+]=[N-]. The van der Waals surface area contributed by atoms with Crippen molar-refractivity contribution in [3.8, 4) is 0 Å². The molecular weight excluding hydrogens is 720 g/mol. The Labute approximate surface area is 330 Å². The van der Waals surface area contributed by atoms with Crippen LogP contribution in [0.25, 0.3) is 10.4 Å². The van der Waals surface area contributed by atoms with Gasteiger partial charge in [0.15, 0.2) is 5.82 Å². The number of hydrogen-bond donors (Lipinski definition) is 4. The van der Waals surface area contributed by atoms with Crippen molar-refractivity contribution in [2.45, 2.75) is 122 Å². The fourth-order valence-electron chi connectivity index (χ4n) is 7.75. The first-order valence-corrected chi connectivity index (χ1v) is 19.4. The number of hydrogen-bond acceptors (Lipinski definition) is 11. The van der Waals surface area contributed by atoms with Gasteiger partial charge in [-0.2, -0.15) is 5.21 Å². The number of rotatable bonds is 22. The number of tetrazole rings is 1. The maximum Gasteiger partial charge on any atom is 0.245 e. The smallest absolute Gasteiger partial charge is 0.245 e. The molecule has 1 aliphatic rings. The van der Waals surface area contributed by atoms with E-state index in [4.69, 9.17) is 9.47 Å². The lowest BCUT2D eigenvalue weighted by Gasteiger charge is -2.41. The van der Waals surface area contributed by atoms with E-state index >= 15 is 0 Å². The van der Waals surface area contributed by atoms with Crippen LogP contribution in [0.5, 0.6) is 0 Å². The van der Waals surface area contributed by atoms with Gasteiger partial charge < -0.3 is 35.2 Å². The second-order valence-electron chi connectivity index (χ2n) is 15.1. The van der Waals surface area contributed by atoms with E-state index in [-0.39, 0.29) is 30.1 Å². The van der Waals surface area contributed by atoms with Gasteiger partial charge in [-0.05, 0) is 42.8 Å². The monoisotopic (exact) mass is 782 g/mol. The van der Waals surface area contributed by atoms with Crippen LogP contribution >= 0.6 is 0 Å². The molecule has 18 heteroatoms. The molecule has 4 amide bonds. The molecule has 2 aromatic rings. The van der Waals surface area contributed by atoms with Crippen LogP contribution in [-0.2, 0) is 35.1 Å². The number of H-pyrrole nitrogens is 1. The highest BCUT2D eigenvalue weighted by atomic mass is 16.5. The van der Waals surface area contributed by atoms with E-state index in [1.807, 2.05) is 58.0 Å². The number of carbonyl (C=O) groups is 4. The minimum atomic E-state index is -1.16. The largest absolute Gasteiger partial charge is 0.379 e. The van der Waals surface area contributed by atoms with Crippen LogP contribution < -0.4 is 16.0 Å². The third kappa shape index (κ3) is 11.7. The molecular formula is C38H62N12O6. The molecule has 0 bridgehead atoms. The topological polar surface area (TPSA) is 233 Å². The number of amides is 4. The highest BCUT2D eigenvalue weighted by molar-refractivity contribution is 5.90. The van der Waals surface area contributed by atoms with Crippen molar-refractivity contribution in [2.24, 2.45) is 22.9 Å². The highest BCUT2D eigenvalue weighted by Crippen LogP contribution is 2.30.